The molecule has 3 nitrogen and oxygen atoms in total. The standard InChI is InChI=1S/C8H8Cl2N2O.ClH/c9-7(10)12(8(11)13)6-4-2-1-3-5-6;/h1-5,7H,(H2,11,13);1H. The number of halogens is 3. The van der Waals surface area contributed by atoms with Gasteiger partial charge < -0.3 is 5.73 Å². The van der Waals surface area contributed by atoms with Gasteiger partial charge in [-0.3, -0.25) is 4.90 Å². The Kier molecular flexibility index (Phi) is 5.69. The Balaban J connectivity index is 0.00000169. The molecule has 1 aromatic carbocycles. The zero-order valence-electron chi connectivity index (χ0n) is 7.06. The fourth-order valence-electron chi connectivity index (χ4n) is 0.925. The molecule has 0 aliphatic carbocycles. The van der Waals surface area contributed by atoms with Crippen LogP contribution in [0, 0.1) is 0 Å². The Bertz CT molecular complexity index is 292. The normalized spacial score (nSPS) is 9.36. The van der Waals surface area contributed by atoms with Gasteiger partial charge in [0.15, 0.2) is 4.96 Å². The van der Waals surface area contributed by atoms with Gasteiger partial charge in [-0.1, -0.05) is 41.4 Å². The van der Waals surface area contributed by atoms with Crippen LogP contribution in [0.3, 0.4) is 0 Å². The number of urea groups is 1. The van der Waals surface area contributed by atoms with E-state index in [1.165, 1.54) is 0 Å². The molecule has 6 heteroatoms. The molecular formula is C8H9Cl3N2O. The number of carbonyl (C=O) groups is 1. The number of carbonyl (C=O) groups excluding carboxylic acids is 1. The van der Waals surface area contributed by atoms with Gasteiger partial charge in [-0.25, -0.2) is 4.79 Å². The van der Waals surface area contributed by atoms with Crippen LogP contribution >= 0.6 is 35.6 Å². The van der Waals surface area contributed by atoms with Gasteiger partial charge in [-0.2, -0.15) is 0 Å². The van der Waals surface area contributed by atoms with Gasteiger partial charge >= 0.3 is 6.03 Å². The van der Waals surface area contributed by atoms with Gasteiger partial charge in [0, 0.05) is 5.69 Å². The molecule has 0 saturated carbocycles. The average molecular weight is 256 g/mol. The van der Waals surface area contributed by atoms with Gasteiger partial charge in [0.1, 0.15) is 0 Å². The number of alkyl halides is 2. The maximum Gasteiger partial charge on any atom is 0.321 e. The smallest absolute Gasteiger partial charge is 0.321 e. The maximum atomic E-state index is 10.9. The Morgan fingerprint density at radius 3 is 2.14 bits per heavy atom. The number of hydrogen-bond acceptors (Lipinski definition) is 1. The molecule has 0 bridgehead atoms. The molecule has 0 fully saturated rings. The molecule has 0 atom stereocenters. The van der Waals surface area contributed by atoms with E-state index in [0.29, 0.717) is 5.69 Å². The second-order valence-electron chi connectivity index (χ2n) is 2.32. The summed E-state index contributed by atoms with van der Waals surface area (Å²) in [5, 5.41) is 0. The monoisotopic (exact) mass is 254 g/mol. The lowest BCUT2D eigenvalue weighted by atomic mass is 10.3. The first kappa shape index (κ1) is 13.4. The van der Waals surface area contributed by atoms with E-state index < -0.39 is 11.0 Å². The van der Waals surface area contributed by atoms with Crippen molar-refractivity contribution in [2.45, 2.75) is 4.96 Å². The first-order chi connectivity index (χ1) is 6.13. The van der Waals surface area contributed by atoms with Gasteiger partial charge in [0.2, 0.25) is 0 Å². The van der Waals surface area contributed by atoms with Crippen LogP contribution in [0.5, 0.6) is 0 Å². The van der Waals surface area contributed by atoms with E-state index in [1.54, 1.807) is 24.3 Å². The second-order valence-corrected chi connectivity index (χ2v) is 3.37. The van der Waals surface area contributed by atoms with Crippen molar-refractivity contribution in [2.24, 2.45) is 5.73 Å². The Morgan fingerprint density at radius 2 is 1.79 bits per heavy atom. The number of rotatable bonds is 2. The van der Waals surface area contributed by atoms with E-state index >= 15 is 0 Å². The minimum atomic E-state index is -0.972. The summed E-state index contributed by atoms with van der Waals surface area (Å²) in [6, 6.07) is 8.06. The minimum Gasteiger partial charge on any atom is -0.351 e. The van der Waals surface area contributed by atoms with E-state index in [2.05, 4.69) is 0 Å². The molecule has 78 valence electrons. The Hall–Kier alpha value is -0.640. The van der Waals surface area contributed by atoms with Crippen LogP contribution in [0.4, 0.5) is 10.5 Å². The van der Waals surface area contributed by atoms with Gasteiger partial charge in [0.25, 0.3) is 0 Å². The fraction of sp³-hybridized carbons (Fsp3) is 0.125. The molecule has 0 spiro atoms. The lowest BCUT2D eigenvalue weighted by Gasteiger charge is -2.20. The molecule has 0 aromatic heterocycles. The van der Waals surface area contributed by atoms with Crippen molar-refractivity contribution in [3.05, 3.63) is 30.3 Å². The van der Waals surface area contributed by atoms with Crippen LogP contribution in [-0.4, -0.2) is 11.0 Å². The predicted octanol–water partition coefficient (Wildman–Crippen LogP) is 2.75. The predicted molar refractivity (Wildman–Crippen MR) is 61.2 cm³/mol. The summed E-state index contributed by atoms with van der Waals surface area (Å²) in [4.78, 5) is 11.0. The molecule has 0 radical (unpaired) electrons. The molecule has 2 N–H and O–H groups in total. The van der Waals surface area contributed by atoms with E-state index in [-0.39, 0.29) is 12.4 Å². The van der Waals surface area contributed by atoms with E-state index in [4.69, 9.17) is 28.9 Å². The number of para-hydroxylation sites is 1. The van der Waals surface area contributed by atoms with Crippen molar-refractivity contribution in [3.63, 3.8) is 0 Å². The van der Waals surface area contributed by atoms with Crippen LogP contribution in [0.1, 0.15) is 0 Å². The number of nitrogens with zero attached hydrogens (tertiary/aromatic N) is 1. The van der Waals surface area contributed by atoms with Crippen LogP contribution in [-0.2, 0) is 0 Å². The van der Waals surface area contributed by atoms with Crippen LogP contribution < -0.4 is 10.6 Å². The van der Waals surface area contributed by atoms with E-state index in [1.807, 2.05) is 6.07 Å². The zero-order valence-corrected chi connectivity index (χ0v) is 9.39. The third kappa shape index (κ3) is 3.25. The van der Waals surface area contributed by atoms with Crippen molar-refractivity contribution in [1.29, 1.82) is 0 Å². The third-order valence-electron chi connectivity index (χ3n) is 1.47. The summed E-state index contributed by atoms with van der Waals surface area (Å²) < 4.78 is 0. The highest BCUT2D eigenvalue weighted by Crippen LogP contribution is 2.20. The largest absolute Gasteiger partial charge is 0.351 e. The van der Waals surface area contributed by atoms with Gasteiger partial charge in [-0.15, -0.1) is 12.4 Å². The lowest BCUT2D eigenvalue weighted by Crippen LogP contribution is -2.38. The molecule has 2 amide bonds. The molecule has 0 aliphatic rings. The Labute approximate surface area is 98.2 Å². The van der Waals surface area contributed by atoms with Crippen molar-refractivity contribution >= 4 is 47.3 Å². The highest BCUT2D eigenvalue weighted by atomic mass is 35.5. The third-order valence-corrected chi connectivity index (χ3v) is 1.86. The average Bonchev–Trinajstić information content (AvgIpc) is 2.04. The zero-order chi connectivity index (χ0) is 9.84. The summed E-state index contributed by atoms with van der Waals surface area (Å²) in [7, 11) is 0. The van der Waals surface area contributed by atoms with Gasteiger partial charge in [0.05, 0.1) is 0 Å². The molecule has 1 aromatic rings. The number of anilines is 1. The molecule has 1 rings (SSSR count). The van der Waals surface area contributed by atoms with Crippen molar-refractivity contribution in [1.82, 2.24) is 0 Å². The fourth-order valence-corrected chi connectivity index (χ4v) is 1.34. The lowest BCUT2D eigenvalue weighted by molar-refractivity contribution is 0.254. The molecule has 0 unspecified atom stereocenters. The van der Waals surface area contributed by atoms with Crippen molar-refractivity contribution < 1.29 is 4.79 Å². The van der Waals surface area contributed by atoms with Crippen LogP contribution in [0.25, 0.3) is 0 Å². The number of nitrogens with two attached hydrogens (primary N) is 1. The first-order valence-electron chi connectivity index (χ1n) is 3.55. The molecule has 0 aliphatic heterocycles. The maximum absolute atomic E-state index is 10.9. The molecule has 14 heavy (non-hydrogen) atoms. The van der Waals surface area contributed by atoms with Crippen molar-refractivity contribution in [2.75, 3.05) is 4.90 Å². The van der Waals surface area contributed by atoms with Gasteiger partial charge in [-0.05, 0) is 12.1 Å². The van der Waals surface area contributed by atoms with E-state index in [9.17, 15) is 4.79 Å². The number of amides is 2. The second kappa shape index (κ2) is 5.96. The number of primary amides is 1. The summed E-state index contributed by atoms with van der Waals surface area (Å²) in [5.41, 5.74) is 5.66. The Morgan fingerprint density at radius 1 is 1.29 bits per heavy atom. The summed E-state index contributed by atoms with van der Waals surface area (Å²) in [6.07, 6.45) is 0. The first-order valence-corrected chi connectivity index (χ1v) is 4.42. The minimum absolute atomic E-state index is 0. The van der Waals surface area contributed by atoms with Crippen LogP contribution in [0.2, 0.25) is 0 Å². The number of benzene rings is 1. The quantitative estimate of drug-likeness (QED) is 0.641. The molecule has 0 heterocycles. The topological polar surface area (TPSA) is 46.3 Å². The molecule has 0 saturated heterocycles. The highest BCUT2D eigenvalue weighted by molar-refractivity contribution is 6.46. The summed E-state index contributed by atoms with van der Waals surface area (Å²) in [6.45, 7) is 0. The molecular weight excluding hydrogens is 246 g/mol. The van der Waals surface area contributed by atoms with Crippen LogP contribution in [0.15, 0.2) is 30.3 Å². The SMILES string of the molecule is Cl.NC(=O)N(c1ccccc1)C(Cl)Cl. The number of hydrogen-bond donors (Lipinski definition) is 1. The summed E-state index contributed by atoms with van der Waals surface area (Å²) in [5.74, 6) is 0. The van der Waals surface area contributed by atoms with E-state index in [0.717, 1.165) is 4.90 Å². The van der Waals surface area contributed by atoms with Crippen molar-refractivity contribution in [3.8, 4) is 0 Å². The summed E-state index contributed by atoms with van der Waals surface area (Å²) >= 11 is 11.1. The highest BCUT2D eigenvalue weighted by Gasteiger charge is 2.18.